The van der Waals surface area contributed by atoms with Crippen molar-refractivity contribution in [3.05, 3.63) is 59.7 Å². The van der Waals surface area contributed by atoms with E-state index < -0.39 is 6.10 Å². The van der Waals surface area contributed by atoms with E-state index >= 15 is 0 Å². The van der Waals surface area contributed by atoms with Crippen LogP contribution in [0.25, 0.3) is 0 Å². The Morgan fingerprint density at radius 3 is 2.26 bits per heavy atom. The lowest BCUT2D eigenvalue weighted by Gasteiger charge is -2.21. The summed E-state index contributed by atoms with van der Waals surface area (Å²) in [7, 11) is 1.62. The highest BCUT2D eigenvalue weighted by Gasteiger charge is 2.19. The van der Waals surface area contributed by atoms with Crippen molar-refractivity contribution in [2.24, 2.45) is 0 Å². The second-order valence-corrected chi connectivity index (χ2v) is 5.50. The van der Waals surface area contributed by atoms with E-state index in [4.69, 9.17) is 9.47 Å². The van der Waals surface area contributed by atoms with E-state index in [0.717, 1.165) is 22.6 Å². The number of nitrogens with one attached hydrogen (secondary N) is 1. The molecule has 23 heavy (non-hydrogen) atoms. The van der Waals surface area contributed by atoms with Gasteiger partial charge in [-0.25, -0.2) is 0 Å². The fourth-order valence-corrected chi connectivity index (χ4v) is 2.37. The van der Waals surface area contributed by atoms with Gasteiger partial charge in [0, 0.05) is 5.56 Å². The van der Waals surface area contributed by atoms with Crippen LogP contribution in [0.4, 0.5) is 0 Å². The van der Waals surface area contributed by atoms with Crippen LogP contribution < -0.4 is 14.8 Å². The molecular formula is C19H23NO3. The monoisotopic (exact) mass is 313 g/mol. The number of amides is 1. The van der Waals surface area contributed by atoms with Crippen LogP contribution in [0.1, 0.15) is 31.0 Å². The highest BCUT2D eigenvalue weighted by Crippen LogP contribution is 2.24. The van der Waals surface area contributed by atoms with Crippen LogP contribution in [-0.2, 0) is 4.79 Å². The second-order valence-electron chi connectivity index (χ2n) is 5.50. The van der Waals surface area contributed by atoms with Crippen LogP contribution in [0.15, 0.2) is 48.5 Å². The first-order valence-corrected chi connectivity index (χ1v) is 7.68. The largest absolute Gasteiger partial charge is 0.496 e. The molecule has 1 amide bonds. The molecule has 0 radical (unpaired) electrons. The number of aryl methyl sites for hydroxylation is 1. The van der Waals surface area contributed by atoms with Gasteiger partial charge in [0.05, 0.1) is 13.2 Å². The van der Waals surface area contributed by atoms with Crippen molar-refractivity contribution in [3.8, 4) is 11.5 Å². The SMILES string of the molecule is COc1ccccc1[C@H](C)NC(=O)[C@@H](C)Oc1ccccc1C. The summed E-state index contributed by atoms with van der Waals surface area (Å²) in [4.78, 5) is 12.4. The predicted octanol–water partition coefficient (Wildman–Crippen LogP) is 3.65. The van der Waals surface area contributed by atoms with Crippen LogP contribution in [0.2, 0.25) is 0 Å². The summed E-state index contributed by atoms with van der Waals surface area (Å²) in [5, 5.41) is 2.97. The van der Waals surface area contributed by atoms with Gasteiger partial charge in [0.1, 0.15) is 11.5 Å². The van der Waals surface area contributed by atoms with Crippen LogP contribution in [0.5, 0.6) is 11.5 Å². The maximum Gasteiger partial charge on any atom is 0.261 e. The van der Waals surface area contributed by atoms with E-state index in [9.17, 15) is 4.79 Å². The maximum absolute atomic E-state index is 12.4. The molecule has 4 nitrogen and oxygen atoms in total. The van der Waals surface area contributed by atoms with Crippen LogP contribution in [0, 0.1) is 6.92 Å². The van der Waals surface area contributed by atoms with E-state index in [1.165, 1.54) is 0 Å². The fraction of sp³-hybridized carbons (Fsp3) is 0.316. The molecule has 2 rings (SSSR count). The lowest BCUT2D eigenvalue weighted by atomic mass is 10.1. The summed E-state index contributed by atoms with van der Waals surface area (Å²) >= 11 is 0. The summed E-state index contributed by atoms with van der Waals surface area (Å²) in [6, 6.07) is 15.1. The summed E-state index contributed by atoms with van der Waals surface area (Å²) in [5.41, 5.74) is 1.94. The van der Waals surface area contributed by atoms with Crippen molar-refractivity contribution in [1.29, 1.82) is 0 Å². The molecule has 4 heteroatoms. The van der Waals surface area contributed by atoms with E-state index in [-0.39, 0.29) is 11.9 Å². The predicted molar refractivity (Wildman–Crippen MR) is 90.8 cm³/mol. The quantitative estimate of drug-likeness (QED) is 0.885. The zero-order valence-corrected chi connectivity index (χ0v) is 14.0. The molecule has 0 saturated carbocycles. The number of hydrogen-bond acceptors (Lipinski definition) is 3. The number of methoxy groups -OCH3 is 1. The van der Waals surface area contributed by atoms with Gasteiger partial charge in [0.25, 0.3) is 5.91 Å². The van der Waals surface area contributed by atoms with Gasteiger partial charge in [0.2, 0.25) is 0 Å². The summed E-state index contributed by atoms with van der Waals surface area (Å²) in [6.07, 6.45) is -0.576. The molecule has 0 heterocycles. The normalized spacial score (nSPS) is 13.0. The Kier molecular flexibility index (Phi) is 5.63. The highest BCUT2D eigenvalue weighted by molar-refractivity contribution is 5.81. The number of carbonyl (C=O) groups is 1. The Morgan fingerprint density at radius 1 is 1.00 bits per heavy atom. The molecule has 0 aliphatic heterocycles. The average Bonchev–Trinajstić information content (AvgIpc) is 2.56. The van der Waals surface area contributed by atoms with Gasteiger partial charge in [-0.2, -0.15) is 0 Å². The average molecular weight is 313 g/mol. The zero-order chi connectivity index (χ0) is 16.8. The number of para-hydroxylation sites is 2. The first kappa shape index (κ1) is 16.9. The third kappa shape index (κ3) is 4.25. The third-order valence-electron chi connectivity index (χ3n) is 3.73. The van der Waals surface area contributed by atoms with Crippen molar-refractivity contribution in [1.82, 2.24) is 5.32 Å². The minimum absolute atomic E-state index is 0.161. The molecule has 122 valence electrons. The molecule has 0 aliphatic rings. The summed E-state index contributed by atoms with van der Waals surface area (Å²) in [5.74, 6) is 1.32. The minimum Gasteiger partial charge on any atom is -0.496 e. The van der Waals surface area contributed by atoms with Crippen molar-refractivity contribution in [2.45, 2.75) is 32.9 Å². The van der Waals surface area contributed by atoms with E-state index in [1.807, 2.05) is 62.4 Å². The Hall–Kier alpha value is -2.49. The van der Waals surface area contributed by atoms with E-state index in [2.05, 4.69) is 5.32 Å². The molecule has 0 fully saturated rings. The molecule has 2 aromatic rings. The van der Waals surface area contributed by atoms with Gasteiger partial charge in [-0.3, -0.25) is 4.79 Å². The number of carbonyl (C=O) groups excluding carboxylic acids is 1. The number of rotatable bonds is 6. The molecule has 0 saturated heterocycles. The van der Waals surface area contributed by atoms with Gasteiger partial charge in [-0.1, -0.05) is 36.4 Å². The lowest BCUT2D eigenvalue weighted by Crippen LogP contribution is -2.38. The van der Waals surface area contributed by atoms with Crippen LogP contribution >= 0.6 is 0 Å². The van der Waals surface area contributed by atoms with E-state index in [1.54, 1.807) is 14.0 Å². The van der Waals surface area contributed by atoms with Gasteiger partial charge in [-0.05, 0) is 38.5 Å². The molecule has 0 aromatic heterocycles. The van der Waals surface area contributed by atoms with Crippen LogP contribution in [-0.4, -0.2) is 19.1 Å². The van der Waals surface area contributed by atoms with Gasteiger partial charge in [0.15, 0.2) is 6.10 Å². The smallest absolute Gasteiger partial charge is 0.261 e. The Balaban J connectivity index is 2.02. The van der Waals surface area contributed by atoms with E-state index in [0.29, 0.717) is 0 Å². The topological polar surface area (TPSA) is 47.6 Å². The number of benzene rings is 2. The van der Waals surface area contributed by atoms with Crippen molar-refractivity contribution < 1.29 is 14.3 Å². The van der Waals surface area contributed by atoms with Gasteiger partial charge in [-0.15, -0.1) is 0 Å². The third-order valence-corrected chi connectivity index (χ3v) is 3.73. The van der Waals surface area contributed by atoms with Crippen LogP contribution in [0.3, 0.4) is 0 Å². The van der Waals surface area contributed by atoms with Gasteiger partial charge >= 0.3 is 0 Å². The zero-order valence-electron chi connectivity index (χ0n) is 14.0. The lowest BCUT2D eigenvalue weighted by molar-refractivity contribution is -0.127. The molecule has 1 N–H and O–H groups in total. The van der Waals surface area contributed by atoms with Crippen molar-refractivity contribution in [2.75, 3.05) is 7.11 Å². The first-order chi connectivity index (χ1) is 11.0. The standard InChI is InChI=1S/C19H23NO3/c1-13-9-5-7-11-17(13)23-15(3)19(21)20-14(2)16-10-6-8-12-18(16)22-4/h5-12,14-15H,1-4H3,(H,20,21)/t14-,15+/m0/s1. The fourth-order valence-electron chi connectivity index (χ4n) is 2.37. The number of ether oxygens (including phenoxy) is 2. The summed E-state index contributed by atoms with van der Waals surface area (Å²) in [6.45, 7) is 5.63. The molecular weight excluding hydrogens is 290 g/mol. The Labute approximate surface area is 137 Å². The molecule has 2 atom stereocenters. The van der Waals surface area contributed by atoms with Crippen molar-refractivity contribution in [3.63, 3.8) is 0 Å². The summed E-state index contributed by atoms with van der Waals surface area (Å²) < 4.78 is 11.1. The Bertz CT molecular complexity index is 669. The molecule has 2 aromatic carbocycles. The number of hydrogen-bond donors (Lipinski definition) is 1. The minimum atomic E-state index is -0.576. The molecule has 0 unspecified atom stereocenters. The maximum atomic E-state index is 12.4. The first-order valence-electron chi connectivity index (χ1n) is 7.68. The highest BCUT2D eigenvalue weighted by atomic mass is 16.5. The second kappa shape index (κ2) is 7.68. The molecule has 0 aliphatic carbocycles. The van der Waals surface area contributed by atoms with Gasteiger partial charge < -0.3 is 14.8 Å². The Morgan fingerprint density at radius 2 is 1.61 bits per heavy atom. The molecule has 0 bridgehead atoms. The molecule has 0 spiro atoms. The van der Waals surface area contributed by atoms with Crippen molar-refractivity contribution >= 4 is 5.91 Å².